The van der Waals surface area contributed by atoms with Gasteiger partial charge in [0, 0.05) is 12.7 Å². The minimum absolute atomic E-state index is 0.471. The second-order valence-corrected chi connectivity index (χ2v) is 3.92. The third-order valence-electron chi connectivity index (χ3n) is 2.44. The van der Waals surface area contributed by atoms with Crippen LogP contribution in [0.4, 0.5) is 5.69 Å². The van der Waals surface area contributed by atoms with Gasteiger partial charge in [0.05, 0.1) is 12.7 Å². The van der Waals surface area contributed by atoms with Gasteiger partial charge in [0.1, 0.15) is 12.1 Å². The first-order chi connectivity index (χ1) is 9.31. The van der Waals surface area contributed by atoms with Gasteiger partial charge in [-0.1, -0.05) is 6.92 Å². The summed E-state index contributed by atoms with van der Waals surface area (Å²) in [6.07, 6.45) is 2.37. The summed E-state index contributed by atoms with van der Waals surface area (Å²) in [4.78, 5) is 8.08. The first kappa shape index (κ1) is 13.1. The van der Waals surface area contributed by atoms with Crippen LogP contribution in [0.2, 0.25) is 0 Å². The predicted molar refractivity (Wildman–Crippen MR) is 73.9 cm³/mol. The molecule has 0 amide bonds. The van der Waals surface area contributed by atoms with Crippen LogP contribution in [0.25, 0.3) is 0 Å². The summed E-state index contributed by atoms with van der Waals surface area (Å²) < 4.78 is 11.1. The molecule has 0 aliphatic carbocycles. The molecule has 0 saturated carbocycles. The Morgan fingerprint density at radius 2 is 1.84 bits per heavy atom. The lowest BCUT2D eigenvalue weighted by Gasteiger charge is -2.07. The Bertz CT molecular complexity index is 514. The Hall–Kier alpha value is -2.30. The third kappa shape index (κ3) is 3.84. The van der Waals surface area contributed by atoms with Crippen LogP contribution >= 0.6 is 0 Å². The van der Waals surface area contributed by atoms with E-state index in [1.165, 1.54) is 6.33 Å². The number of anilines is 1. The number of aromatic nitrogens is 2. The maximum Gasteiger partial charge on any atom is 0.226 e. The van der Waals surface area contributed by atoms with E-state index in [9.17, 15) is 0 Å². The average molecular weight is 259 g/mol. The van der Waals surface area contributed by atoms with Gasteiger partial charge in [0.25, 0.3) is 0 Å². The van der Waals surface area contributed by atoms with Gasteiger partial charge >= 0.3 is 0 Å². The maximum atomic E-state index is 5.64. The Kier molecular flexibility index (Phi) is 4.55. The quantitative estimate of drug-likeness (QED) is 0.863. The number of rotatable bonds is 6. The summed E-state index contributed by atoms with van der Waals surface area (Å²) in [6, 6.07) is 9.30. The Morgan fingerprint density at radius 3 is 2.53 bits per heavy atom. The Balaban J connectivity index is 2.05. The van der Waals surface area contributed by atoms with Gasteiger partial charge in [-0.2, -0.15) is 0 Å². The molecule has 0 radical (unpaired) electrons. The fourth-order valence-electron chi connectivity index (χ4n) is 1.47. The minimum atomic E-state index is 0.471. The average Bonchev–Trinajstić information content (AvgIpc) is 2.46. The molecule has 19 heavy (non-hydrogen) atoms. The van der Waals surface area contributed by atoms with Crippen LogP contribution in [0.15, 0.2) is 36.7 Å². The molecule has 0 aliphatic rings. The van der Waals surface area contributed by atoms with Gasteiger partial charge in [-0.05, 0) is 30.7 Å². The molecule has 1 aromatic carbocycles. The van der Waals surface area contributed by atoms with Gasteiger partial charge in [0.2, 0.25) is 11.8 Å². The van der Waals surface area contributed by atoms with E-state index in [1.807, 2.05) is 38.2 Å². The van der Waals surface area contributed by atoms with Gasteiger partial charge in [-0.15, -0.1) is 0 Å². The molecule has 5 heteroatoms. The summed E-state index contributed by atoms with van der Waals surface area (Å²) in [5.74, 6) is 1.72. The second-order valence-electron chi connectivity index (χ2n) is 3.92. The van der Waals surface area contributed by atoms with Crippen molar-refractivity contribution < 1.29 is 9.47 Å². The van der Waals surface area contributed by atoms with Gasteiger partial charge in [-0.3, -0.25) is 0 Å². The Morgan fingerprint density at radius 1 is 1.11 bits per heavy atom. The molecular weight excluding hydrogens is 242 g/mol. The summed E-state index contributed by atoms with van der Waals surface area (Å²) in [5.41, 5.74) is 1.03. The topological polar surface area (TPSA) is 56.3 Å². The van der Waals surface area contributed by atoms with Crippen molar-refractivity contribution in [3.63, 3.8) is 0 Å². The van der Waals surface area contributed by atoms with Crippen LogP contribution in [0.1, 0.15) is 13.3 Å². The van der Waals surface area contributed by atoms with E-state index in [2.05, 4.69) is 15.3 Å². The highest BCUT2D eigenvalue weighted by Crippen LogP contribution is 2.22. The molecule has 2 aromatic rings. The van der Waals surface area contributed by atoms with Crippen LogP contribution in [0, 0.1) is 0 Å². The first-order valence-corrected chi connectivity index (χ1v) is 6.22. The number of hydrogen-bond donors (Lipinski definition) is 1. The summed E-state index contributed by atoms with van der Waals surface area (Å²) in [5, 5.41) is 3.05. The van der Waals surface area contributed by atoms with Crippen molar-refractivity contribution in [1.29, 1.82) is 0 Å². The zero-order valence-electron chi connectivity index (χ0n) is 11.1. The number of benzene rings is 1. The van der Waals surface area contributed by atoms with Crippen molar-refractivity contribution >= 4 is 5.69 Å². The van der Waals surface area contributed by atoms with Crippen molar-refractivity contribution in [2.24, 2.45) is 0 Å². The molecule has 1 N–H and O–H groups in total. The molecule has 0 aliphatic heterocycles. The van der Waals surface area contributed by atoms with Crippen molar-refractivity contribution in [2.45, 2.75) is 13.3 Å². The number of nitrogens with one attached hydrogen (secondary N) is 1. The van der Waals surface area contributed by atoms with E-state index < -0.39 is 0 Å². The van der Waals surface area contributed by atoms with Crippen molar-refractivity contribution in [3.05, 3.63) is 36.7 Å². The van der Waals surface area contributed by atoms with Crippen molar-refractivity contribution in [2.75, 3.05) is 19.0 Å². The van der Waals surface area contributed by atoms with Crippen LogP contribution in [-0.2, 0) is 0 Å². The molecule has 2 rings (SSSR count). The molecule has 0 spiro atoms. The fourth-order valence-corrected chi connectivity index (χ4v) is 1.47. The van der Waals surface area contributed by atoms with E-state index in [-0.39, 0.29) is 0 Å². The maximum absolute atomic E-state index is 5.64. The highest BCUT2D eigenvalue weighted by Gasteiger charge is 2.02. The summed E-state index contributed by atoms with van der Waals surface area (Å²) in [7, 11) is 1.87. The second kappa shape index (κ2) is 6.58. The highest BCUT2D eigenvalue weighted by atomic mass is 16.5. The summed E-state index contributed by atoms with van der Waals surface area (Å²) >= 11 is 0. The van der Waals surface area contributed by atoms with Gasteiger partial charge < -0.3 is 14.8 Å². The van der Waals surface area contributed by atoms with Crippen molar-refractivity contribution in [3.8, 4) is 17.5 Å². The molecule has 1 heterocycles. The van der Waals surface area contributed by atoms with E-state index in [0.29, 0.717) is 18.4 Å². The predicted octanol–water partition coefficient (Wildman–Crippen LogP) is 3.10. The van der Waals surface area contributed by atoms with E-state index in [4.69, 9.17) is 9.47 Å². The number of nitrogens with zero attached hydrogens (tertiary/aromatic N) is 2. The molecule has 0 atom stereocenters. The molecule has 1 aromatic heterocycles. The van der Waals surface area contributed by atoms with Gasteiger partial charge in [-0.25, -0.2) is 9.97 Å². The van der Waals surface area contributed by atoms with E-state index in [0.717, 1.165) is 17.9 Å². The lowest BCUT2D eigenvalue weighted by atomic mass is 10.3. The lowest BCUT2D eigenvalue weighted by molar-refractivity contribution is 0.302. The zero-order valence-corrected chi connectivity index (χ0v) is 11.1. The molecule has 0 fully saturated rings. The molecule has 100 valence electrons. The largest absolute Gasteiger partial charge is 0.477 e. The SMILES string of the molecule is CCCOc1cc(Oc2ccc(NC)cc2)ncn1. The van der Waals surface area contributed by atoms with Crippen LogP contribution < -0.4 is 14.8 Å². The number of hydrogen-bond acceptors (Lipinski definition) is 5. The number of ether oxygens (including phenoxy) is 2. The highest BCUT2D eigenvalue weighted by molar-refractivity contribution is 5.46. The van der Waals surface area contributed by atoms with Crippen LogP contribution in [0.5, 0.6) is 17.5 Å². The normalized spacial score (nSPS) is 10.0. The molecule has 5 nitrogen and oxygen atoms in total. The van der Waals surface area contributed by atoms with Gasteiger partial charge in [0.15, 0.2) is 0 Å². The minimum Gasteiger partial charge on any atom is -0.477 e. The standard InChI is InChI=1S/C14H17N3O2/c1-3-8-18-13-9-14(17-10-16-13)19-12-6-4-11(15-2)5-7-12/h4-7,9-10,15H,3,8H2,1-2H3. The molecule has 0 unspecified atom stereocenters. The summed E-state index contributed by atoms with van der Waals surface area (Å²) in [6.45, 7) is 2.68. The molecule has 0 bridgehead atoms. The molecule has 0 saturated heterocycles. The monoisotopic (exact) mass is 259 g/mol. The third-order valence-corrected chi connectivity index (χ3v) is 2.44. The molecular formula is C14H17N3O2. The smallest absolute Gasteiger partial charge is 0.226 e. The van der Waals surface area contributed by atoms with E-state index >= 15 is 0 Å². The van der Waals surface area contributed by atoms with Crippen LogP contribution in [-0.4, -0.2) is 23.6 Å². The van der Waals surface area contributed by atoms with Crippen LogP contribution in [0.3, 0.4) is 0 Å². The first-order valence-electron chi connectivity index (χ1n) is 6.22. The zero-order chi connectivity index (χ0) is 13.5. The van der Waals surface area contributed by atoms with Crippen molar-refractivity contribution in [1.82, 2.24) is 9.97 Å². The Labute approximate surface area is 112 Å². The van der Waals surface area contributed by atoms with E-state index in [1.54, 1.807) is 6.07 Å². The fraction of sp³-hybridized carbons (Fsp3) is 0.286. The lowest BCUT2D eigenvalue weighted by Crippen LogP contribution is -1.98.